The third kappa shape index (κ3) is 5.71. The van der Waals surface area contributed by atoms with Crippen LogP contribution in [0, 0.1) is 0 Å². The highest BCUT2D eigenvalue weighted by atomic mass is 16.6. The summed E-state index contributed by atoms with van der Waals surface area (Å²) in [6.07, 6.45) is 0.507. The fourth-order valence-electron chi connectivity index (χ4n) is 2.68. The van der Waals surface area contributed by atoms with E-state index in [1.54, 1.807) is 48.5 Å². The summed E-state index contributed by atoms with van der Waals surface area (Å²) in [7, 11) is 2.87. The van der Waals surface area contributed by atoms with Crippen molar-refractivity contribution in [1.29, 1.82) is 0 Å². The third-order valence-corrected chi connectivity index (χ3v) is 4.49. The molecule has 0 radical (unpaired) electrons. The summed E-state index contributed by atoms with van der Waals surface area (Å²) in [6, 6.07) is 13.5. The molecule has 0 unspecified atom stereocenters. The fraction of sp³-hybridized carbons (Fsp3) is 0.286. The van der Waals surface area contributed by atoms with Crippen LogP contribution in [0.3, 0.4) is 0 Å². The van der Waals surface area contributed by atoms with Crippen LogP contribution in [0.15, 0.2) is 48.5 Å². The van der Waals surface area contributed by atoms with Gasteiger partial charge in [-0.15, -0.1) is 0 Å². The molecule has 9 nitrogen and oxygen atoms in total. The van der Waals surface area contributed by atoms with Crippen LogP contribution < -0.4 is 16.8 Å². The van der Waals surface area contributed by atoms with Gasteiger partial charge in [0.1, 0.15) is 13.2 Å². The molecular formula is C21H26N4O5. The van der Waals surface area contributed by atoms with Gasteiger partial charge in [0.2, 0.25) is 11.9 Å². The molecule has 0 aliphatic carbocycles. The van der Waals surface area contributed by atoms with Gasteiger partial charge in [-0.25, -0.2) is 9.59 Å². The Labute approximate surface area is 174 Å². The van der Waals surface area contributed by atoms with Gasteiger partial charge >= 0.3 is 11.9 Å². The Hall–Kier alpha value is -3.59. The van der Waals surface area contributed by atoms with E-state index < -0.39 is 17.5 Å². The number of anilines is 2. The lowest BCUT2D eigenvalue weighted by Gasteiger charge is -2.31. The van der Waals surface area contributed by atoms with Crippen molar-refractivity contribution in [2.24, 2.45) is 0 Å². The molecule has 0 aliphatic rings. The standard InChI is InChI=1S/C21H26N4O5/c1-24-21(13-25(2)14-26,19(27)29-11-15-3-7-17(22)8-4-15)20(28)30-12-16-5-9-18(23)10-6-16/h3-10,14,24H,11-13,22-23H2,1-2H3. The topological polar surface area (TPSA) is 137 Å². The summed E-state index contributed by atoms with van der Waals surface area (Å²) < 4.78 is 10.7. The number of ether oxygens (including phenoxy) is 2. The number of esters is 2. The zero-order valence-corrected chi connectivity index (χ0v) is 17.0. The number of rotatable bonds is 10. The number of nitrogens with one attached hydrogen (secondary N) is 1. The van der Waals surface area contributed by atoms with E-state index in [0.29, 0.717) is 28.9 Å². The molecule has 0 bridgehead atoms. The number of nitrogen functional groups attached to an aromatic ring is 2. The molecule has 0 fully saturated rings. The average Bonchev–Trinajstić information content (AvgIpc) is 2.76. The van der Waals surface area contributed by atoms with E-state index in [2.05, 4.69) is 5.32 Å². The Kier molecular flexibility index (Phi) is 7.76. The first-order valence-electron chi connectivity index (χ1n) is 9.18. The quantitative estimate of drug-likeness (QED) is 0.223. The predicted molar refractivity (Wildman–Crippen MR) is 112 cm³/mol. The molecule has 2 aromatic carbocycles. The van der Waals surface area contributed by atoms with E-state index in [0.717, 1.165) is 4.90 Å². The molecule has 2 rings (SSSR count). The number of carbonyl (C=O) groups excluding carboxylic acids is 3. The van der Waals surface area contributed by atoms with Crippen molar-refractivity contribution in [2.75, 3.05) is 32.1 Å². The Balaban J connectivity index is 2.16. The number of likely N-dealkylation sites (N-methyl/N-ethyl adjacent to an activating group) is 2. The molecule has 5 N–H and O–H groups in total. The van der Waals surface area contributed by atoms with Gasteiger partial charge in [-0.1, -0.05) is 24.3 Å². The summed E-state index contributed by atoms with van der Waals surface area (Å²) in [5, 5.41) is 2.68. The van der Waals surface area contributed by atoms with Gasteiger partial charge in [-0.05, 0) is 42.4 Å². The van der Waals surface area contributed by atoms with E-state index in [-0.39, 0.29) is 19.8 Å². The minimum Gasteiger partial charge on any atom is -0.459 e. The number of nitrogens with two attached hydrogens (primary N) is 2. The van der Waals surface area contributed by atoms with E-state index in [1.165, 1.54) is 14.1 Å². The minimum atomic E-state index is -1.89. The first-order valence-corrected chi connectivity index (χ1v) is 9.18. The highest BCUT2D eigenvalue weighted by molar-refractivity contribution is 6.05. The maximum Gasteiger partial charge on any atom is 0.340 e. The molecule has 30 heavy (non-hydrogen) atoms. The van der Waals surface area contributed by atoms with Gasteiger partial charge in [-0.3, -0.25) is 10.1 Å². The average molecular weight is 414 g/mol. The highest BCUT2D eigenvalue weighted by Gasteiger charge is 2.49. The first kappa shape index (κ1) is 22.7. The van der Waals surface area contributed by atoms with Gasteiger partial charge in [-0.2, -0.15) is 0 Å². The molecule has 0 heterocycles. The van der Waals surface area contributed by atoms with E-state index in [1.807, 2.05) is 0 Å². The maximum atomic E-state index is 12.9. The van der Waals surface area contributed by atoms with Crippen LogP contribution in [0.2, 0.25) is 0 Å². The van der Waals surface area contributed by atoms with Crippen molar-refractivity contribution in [3.05, 3.63) is 59.7 Å². The van der Waals surface area contributed by atoms with E-state index in [9.17, 15) is 14.4 Å². The number of amides is 1. The van der Waals surface area contributed by atoms with Crippen LogP contribution in [-0.4, -0.2) is 49.4 Å². The lowest BCUT2D eigenvalue weighted by molar-refractivity contribution is -0.169. The smallest absolute Gasteiger partial charge is 0.340 e. The Bertz CT molecular complexity index is 806. The van der Waals surface area contributed by atoms with E-state index in [4.69, 9.17) is 20.9 Å². The molecule has 0 aromatic heterocycles. The molecule has 1 amide bonds. The number of carbonyl (C=O) groups is 3. The molecule has 0 aliphatic heterocycles. The summed E-state index contributed by atoms with van der Waals surface area (Å²) >= 11 is 0. The van der Waals surface area contributed by atoms with Crippen molar-refractivity contribution < 1.29 is 23.9 Å². The SMILES string of the molecule is CNC(CN(C)C=O)(C(=O)OCc1ccc(N)cc1)C(=O)OCc1ccc(N)cc1. The molecule has 0 saturated carbocycles. The summed E-state index contributed by atoms with van der Waals surface area (Å²) in [6.45, 7) is -0.411. The largest absolute Gasteiger partial charge is 0.459 e. The van der Waals surface area contributed by atoms with Gasteiger partial charge in [0.05, 0.1) is 6.54 Å². The van der Waals surface area contributed by atoms with Crippen LogP contribution in [0.25, 0.3) is 0 Å². The third-order valence-electron chi connectivity index (χ3n) is 4.49. The normalized spacial score (nSPS) is 10.9. The van der Waals surface area contributed by atoms with Crippen molar-refractivity contribution in [2.45, 2.75) is 18.8 Å². The zero-order valence-electron chi connectivity index (χ0n) is 17.0. The van der Waals surface area contributed by atoms with Crippen LogP contribution in [-0.2, 0) is 37.1 Å². The molecule has 0 atom stereocenters. The minimum absolute atomic E-state index is 0.0708. The fourth-order valence-corrected chi connectivity index (χ4v) is 2.68. The molecular weight excluding hydrogens is 388 g/mol. The van der Waals surface area contributed by atoms with Crippen LogP contribution in [0.5, 0.6) is 0 Å². The second kappa shape index (κ2) is 10.3. The number of hydrogen-bond donors (Lipinski definition) is 3. The highest BCUT2D eigenvalue weighted by Crippen LogP contribution is 2.16. The number of hydrogen-bond acceptors (Lipinski definition) is 8. The van der Waals surface area contributed by atoms with Gasteiger partial charge in [0, 0.05) is 18.4 Å². The van der Waals surface area contributed by atoms with E-state index >= 15 is 0 Å². The molecule has 0 spiro atoms. The monoisotopic (exact) mass is 414 g/mol. The Morgan fingerprint density at radius 1 is 0.933 bits per heavy atom. The summed E-state index contributed by atoms with van der Waals surface area (Å²) in [5.41, 5.74) is 12.0. The van der Waals surface area contributed by atoms with Crippen molar-refractivity contribution in [3.63, 3.8) is 0 Å². The van der Waals surface area contributed by atoms with Crippen LogP contribution in [0.1, 0.15) is 11.1 Å². The molecule has 160 valence electrons. The lowest BCUT2D eigenvalue weighted by atomic mass is 9.99. The first-order chi connectivity index (χ1) is 14.3. The van der Waals surface area contributed by atoms with Gasteiger partial charge < -0.3 is 25.8 Å². The second-order valence-corrected chi connectivity index (χ2v) is 6.81. The Morgan fingerprint density at radius 2 is 1.33 bits per heavy atom. The van der Waals surface area contributed by atoms with Crippen molar-refractivity contribution in [3.8, 4) is 0 Å². The zero-order chi connectivity index (χ0) is 22.1. The summed E-state index contributed by atoms with van der Waals surface area (Å²) in [5.74, 6) is -1.73. The van der Waals surface area contributed by atoms with Crippen LogP contribution >= 0.6 is 0 Å². The number of benzene rings is 2. The lowest BCUT2D eigenvalue weighted by Crippen LogP contribution is -2.63. The van der Waals surface area contributed by atoms with Crippen LogP contribution in [0.4, 0.5) is 11.4 Å². The Morgan fingerprint density at radius 3 is 1.67 bits per heavy atom. The molecule has 2 aromatic rings. The van der Waals surface area contributed by atoms with Gasteiger partial charge in [0.25, 0.3) is 0 Å². The number of nitrogens with zero attached hydrogens (tertiary/aromatic N) is 1. The predicted octanol–water partition coefficient (Wildman–Crippen LogP) is 0.684. The maximum absolute atomic E-state index is 12.9. The summed E-state index contributed by atoms with van der Waals surface area (Å²) in [4.78, 5) is 38.1. The van der Waals surface area contributed by atoms with Crippen molar-refractivity contribution in [1.82, 2.24) is 10.2 Å². The van der Waals surface area contributed by atoms with Gasteiger partial charge in [0.15, 0.2) is 0 Å². The molecule has 9 heteroatoms. The molecule has 0 saturated heterocycles. The van der Waals surface area contributed by atoms with Crippen molar-refractivity contribution >= 4 is 29.7 Å². The second-order valence-electron chi connectivity index (χ2n) is 6.81.